The standard InChI is InChI=1S/C25H24FN5O5/c1-31-20-10-16(7-8-25(34)14-35-15-25)5-6-21(20)36-13-19(23(31)32)30-24(33)28-12-17(11-27)9-18-3-2-4-22(26)29-18/h2-6,10-12,19,34H,9,13-15,27H2,1H3,(H,30,33)/b17-11-,28-12+. The Bertz CT molecular complexity index is 1300. The zero-order valence-corrected chi connectivity index (χ0v) is 19.4. The second-order valence-corrected chi connectivity index (χ2v) is 8.30. The van der Waals surface area contributed by atoms with Gasteiger partial charge in [-0.3, -0.25) is 4.79 Å². The first kappa shape index (κ1) is 24.8. The van der Waals surface area contributed by atoms with Gasteiger partial charge in [-0.2, -0.15) is 4.39 Å². The first-order valence-corrected chi connectivity index (χ1v) is 11.0. The highest BCUT2D eigenvalue weighted by Crippen LogP contribution is 2.31. The fourth-order valence-electron chi connectivity index (χ4n) is 3.47. The average Bonchev–Trinajstić information content (AvgIpc) is 2.96. The number of halogens is 1. The van der Waals surface area contributed by atoms with Crippen LogP contribution in [0.25, 0.3) is 0 Å². The van der Waals surface area contributed by atoms with E-state index < -0.39 is 29.5 Å². The van der Waals surface area contributed by atoms with Crippen LogP contribution in [0.3, 0.4) is 0 Å². The zero-order chi connectivity index (χ0) is 25.7. The molecule has 2 aliphatic rings. The number of hydrogen-bond acceptors (Lipinski definition) is 7. The summed E-state index contributed by atoms with van der Waals surface area (Å²) in [4.78, 5) is 34.3. The number of urea groups is 1. The molecule has 1 aromatic carbocycles. The summed E-state index contributed by atoms with van der Waals surface area (Å²) in [7, 11) is 1.56. The molecule has 4 N–H and O–H groups in total. The maximum absolute atomic E-state index is 13.3. The fourth-order valence-corrected chi connectivity index (χ4v) is 3.47. The van der Waals surface area contributed by atoms with Crippen molar-refractivity contribution >= 4 is 23.8 Å². The van der Waals surface area contributed by atoms with Crippen LogP contribution in [0.1, 0.15) is 11.3 Å². The minimum absolute atomic E-state index is 0.105. The topological polar surface area (TPSA) is 139 Å². The van der Waals surface area contributed by atoms with Gasteiger partial charge in [0.2, 0.25) is 5.95 Å². The summed E-state index contributed by atoms with van der Waals surface area (Å²) in [5.74, 6) is 5.06. The Balaban J connectivity index is 1.40. The molecular formula is C25H24FN5O5. The lowest BCUT2D eigenvalue weighted by Gasteiger charge is -2.30. The van der Waals surface area contributed by atoms with Crippen LogP contribution >= 0.6 is 0 Å². The first-order chi connectivity index (χ1) is 17.3. The second kappa shape index (κ2) is 10.6. The lowest BCUT2D eigenvalue weighted by Crippen LogP contribution is -2.48. The van der Waals surface area contributed by atoms with Crippen LogP contribution in [0.4, 0.5) is 14.9 Å². The van der Waals surface area contributed by atoms with Crippen LogP contribution in [-0.4, -0.2) is 66.8 Å². The van der Waals surface area contributed by atoms with Gasteiger partial charge in [-0.15, -0.1) is 0 Å². The Morgan fingerprint density at radius 3 is 2.92 bits per heavy atom. The Labute approximate surface area is 206 Å². The van der Waals surface area contributed by atoms with Crippen molar-refractivity contribution in [3.63, 3.8) is 0 Å². The number of aromatic nitrogens is 1. The van der Waals surface area contributed by atoms with Crippen LogP contribution in [0.2, 0.25) is 0 Å². The highest BCUT2D eigenvalue weighted by atomic mass is 19.1. The van der Waals surface area contributed by atoms with Crippen LogP contribution in [0.15, 0.2) is 53.2 Å². The molecule has 2 aromatic rings. The van der Waals surface area contributed by atoms with Crippen LogP contribution < -0.4 is 20.7 Å². The van der Waals surface area contributed by atoms with E-state index >= 15 is 0 Å². The normalized spacial score (nSPS) is 18.9. The number of allylic oxidation sites excluding steroid dienone is 1. The molecule has 11 heteroatoms. The Morgan fingerprint density at radius 1 is 1.42 bits per heavy atom. The third-order valence-electron chi connectivity index (χ3n) is 5.49. The minimum Gasteiger partial charge on any atom is -0.489 e. The van der Waals surface area contributed by atoms with Gasteiger partial charge in [0.05, 0.1) is 18.9 Å². The number of pyridine rings is 1. The van der Waals surface area contributed by atoms with E-state index in [1.54, 1.807) is 31.3 Å². The highest BCUT2D eigenvalue weighted by Gasteiger charge is 2.34. The van der Waals surface area contributed by atoms with Gasteiger partial charge in [-0.05, 0) is 42.1 Å². The third kappa shape index (κ3) is 5.86. The van der Waals surface area contributed by atoms with Gasteiger partial charge in [0.25, 0.3) is 5.91 Å². The van der Waals surface area contributed by atoms with E-state index in [0.29, 0.717) is 28.3 Å². The van der Waals surface area contributed by atoms with E-state index in [2.05, 4.69) is 27.1 Å². The second-order valence-electron chi connectivity index (χ2n) is 8.30. The summed E-state index contributed by atoms with van der Waals surface area (Å²) in [6, 6.07) is 7.65. The molecule has 0 radical (unpaired) electrons. The van der Waals surface area contributed by atoms with Gasteiger partial charge < -0.3 is 30.5 Å². The first-order valence-electron chi connectivity index (χ1n) is 11.0. The molecule has 0 bridgehead atoms. The number of fused-ring (bicyclic) bond motifs is 1. The summed E-state index contributed by atoms with van der Waals surface area (Å²) >= 11 is 0. The summed E-state index contributed by atoms with van der Waals surface area (Å²) in [6.45, 7) is 0.202. The van der Waals surface area contributed by atoms with E-state index in [1.165, 1.54) is 29.4 Å². The Morgan fingerprint density at radius 2 is 2.22 bits per heavy atom. The number of nitrogens with one attached hydrogen (secondary N) is 1. The van der Waals surface area contributed by atoms with Gasteiger partial charge in [-0.25, -0.2) is 14.8 Å². The average molecular weight is 493 g/mol. The molecule has 3 amide bonds. The molecule has 1 aromatic heterocycles. The number of aliphatic imine (C=N–C) groups is 1. The van der Waals surface area contributed by atoms with E-state index in [0.717, 1.165) is 0 Å². The van der Waals surface area contributed by atoms with Crippen molar-refractivity contribution in [2.75, 3.05) is 31.8 Å². The zero-order valence-electron chi connectivity index (χ0n) is 19.4. The number of nitrogens with zero attached hydrogens (tertiary/aromatic N) is 3. The van der Waals surface area contributed by atoms with Crippen molar-refractivity contribution in [3.8, 4) is 17.6 Å². The van der Waals surface area contributed by atoms with Crippen molar-refractivity contribution in [1.29, 1.82) is 0 Å². The third-order valence-corrected chi connectivity index (χ3v) is 5.49. The van der Waals surface area contributed by atoms with Crippen LogP contribution in [0, 0.1) is 17.8 Å². The predicted molar refractivity (Wildman–Crippen MR) is 129 cm³/mol. The minimum atomic E-state index is -1.16. The molecule has 1 saturated heterocycles. The van der Waals surface area contributed by atoms with Crippen LogP contribution in [-0.2, 0) is 16.0 Å². The van der Waals surface area contributed by atoms with E-state index in [4.69, 9.17) is 15.2 Å². The molecular weight excluding hydrogens is 469 g/mol. The van der Waals surface area contributed by atoms with Gasteiger partial charge in [0, 0.05) is 30.9 Å². The number of likely N-dealkylation sites (N-methyl/N-ethyl adjacent to an activating group) is 1. The van der Waals surface area contributed by atoms with Gasteiger partial charge >= 0.3 is 6.03 Å². The van der Waals surface area contributed by atoms with Gasteiger partial charge in [0.1, 0.15) is 18.4 Å². The number of anilines is 1. The van der Waals surface area contributed by atoms with Crippen molar-refractivity contribution in [1.82, 2.24) is 10.3 Å². The van der Waals surface area contributed by atoms with Gasteiger partial charge in [-0.1, -0.05) is 17.9 Å². The molecule has 1 atom stereocenters. The number of carbonyl (C=O) groups is 2. The summed E-state index contributed by atoms with van der Waals surface area (Å²) in [5, 5.41) is 12.6. The van der Waals surface area contributed by atoms with Crippen LogP contribution in [0.5, 0.6) is 5.75 Å². The summed E-state index contributed by atoms with van der Waals surface area (Å²) in [5.41, 5.74) is 6.34. The molecule has 186 valence electrons. The monoisotopic (exact) mass is 493 g/mol. The molecule has 4 rings (SSSR count). The van der Waals surface area contributed by atoms with Gasteiger partial charge in [0.15, 0.2) is 5.60 Å². The molecule has 0 spiro atoms. The maximum atomic E-state index is 13.3. The number of nitrogens with two attached hydrogens (primary N) is 1. The molecule has 2 aliphatic heterocycles. The molecule has 0 aliphatic carbocycles. The molecule has 3 heterocycles. The number of ether oxygens (including phenoxy) is 2. The van der Waals surface area contributed by atoms with Crippen molar-refractivity contribution in [2.24, 2.45) is 10.7 Å². The van der Waals surface area contributed by atoms with E-state index in [9.17, 15) is 19.1 Å². The SMILES string of the molecule is CN1C(=O)C(NC(=O)/N=C/C(=C\N)Cc2cccc(F)n2)COc2ccc(C#CC3(O)COC3)cc21. The maximum Gasteiger partial charge on any atom is 0.341 e. The number of aliphatic hydroxyl groups is 1. The quantitative estimate of drug-likeness (QED) is 0.327. The number of rotatable bonds is 4. The summed E-state index contributed by atoms with van der Waals surface area (Å²) < 4.78 is 24.0. The highest BCUT2D eigenvalue weighted by molar-refractivity contribution is 6.01. The molecule has 0 saturated carbocycles. The molecule has 10 nitrogen and oxygen atoms in total. The number of benzene rings is 1. The number of hydrogen-bond donors (Lipinski definition) is 3. The van der Waals surface area contributed by atoms with Crippen molar-refractivity contribution < 1.29 is 28.6 Å². The van der Waals surface area contributed by atoms with Crippen molar-refractivity contribution in [2.45, 2.75) is 18.1 Å². The predicted octanol–water partition coefficient (Wildman–Crippen LogP) is 0.923. The van der Waals surface area contributed by atoms with E-state index in [-0.39, 0.29) is 26.2 Å². The molecule has 36 heavy (non-hydrogen) atoms. The Hall–Kier alpha value is -4.27. The fraction of sp³-hybridized carbons (Fsp3) is 0.280. The largest absolute Gasteiger partial charge is 0.489 e. The summed E-state index contributed by atoms with van der Waals surface area (Å²) in [6.07, 6.45) is 2.64. The number of amides is 3. The molecule has 1 unspecified atom stereocenters. The lowest BCUT2D eigenvalue weighted by molar-refractivity contribution is -0.140. The smallest absolute Gasteiger partial charge is 0.341 e. The molecule has 1 fully saturated rings. The van der Waals surface area contributed by atoms with E-state index in [1.807, 2.05) is 0 Å². The lowest BCUT2D eigenvalue weighted by atomic mass is 10.0. The Kier molecular flexibility index (Phi) is 7.28. The van der Waals surface area contributed by atoms with Crippen molar-refractivity contribution in [3.05, 3.63) is 65.4 Å². The number of carbonyl (C=O) groups excluding carboxylic acids is 2.